The molecule has 17 heavy (non-hydrogen) atoms. The first kappa shape index (κ1) is 14.1. The van der Waals surface area contributed by atoms with Crippen molar-refractivity contribution in [1.82, 2.24) is 0 Å². The Morgan fingerprint density at radius 2 is 1.29 bits per heavy atom. The molecule has 0 amide bonds. The van der Waals surface area contributed by atoms with E-state index in [2.05, 4.69) is 0 Å². The molecule has 0 saturated heterocycles. The van der Waals surface area contributed by atoms with Crippen LogP contribution in [0.3, 0.4) is 0 Å². The zero-order valence-corrected chi connectivity index (χ0v) is 11.2. The van der Waals surface area contributed by atoms with Gasteiger partial charge in [0.2, 0.25) is 0 Å². The van der Waals surface area contributed by atoms with Crippen LogP contribution < -0.4 is 0 Å². The van der Waals surface area contributed by atoms with Gasteiger partial charge in [0, 0.05) is 12.8 Å². The smallest absolute Gasteiger partial charge is 0.130 e. The second kappa shape index (κ2) is 7.41. The van der Waals surface area contributed by atoms with Crippen LogP contribution in [0, 0.1) is 0 Å². The number of hydrogen-bond donors (Lipinski definition) is 0. The van der Waals surface area contributed by atoms with E-state index >= 15 is 0 Å². The number of rotatable bonds is 6. The highest BCUT2D eigenvalue weighted by molar-refractivity contribution is 5.76. The van der Waals surface area contributed by atoms with E-state index in [1.54, 1.807) is 19.4 Å². The Bertz CT molecular complexity index is 285. The van der Waals surface area contributed by atoms with Gasteiger partial charge in [-0.25, -0.2) is 0 Å². The van der Waals surface area contributed by atoms with Gasteiger partial charge in [-0.3, -0.25) is 0 Å². The third-order valence-corrected chi connectivity index (χ3v) is 3.51. The SMILES string of the molecule is CC(=O)CCC(CCC(C)=O)=C1CCCCC1. The molecule has 1 saturated carbocycles. The fourth-order valence-corrected chi connectivity index (χ4v) is 2.46. The van der Waals surface area contributed by atoms with E-state index < -0.39 is 0 Å². The number of ketones is 2. The molecule has 0 bridgehead atoms. The average molecular weight is 236 g/mol. The van der Waals surface area contributed by atoms with Crippen LogP contribution in [0.4, 0.5) is 0 Å². The first-order chi connectivity index (χ1) is 8.09. The molecule has 0 unspecified atom stereocenters. The molecule has 1 aliphatic rings. The molecular weight excluding hydrogens is 212 g/mol. The lowest BCUT2D eigenvalue weighted by Gasteiger charge is -2.19. The van der Waals surface area contributed by atoms with Crippen molar-refractivity contribution in [3.05, 3.63) is 11.1 Å². The summed E-state index contributed by atoms with van der Waals surface area (Å²) in [5.74, 6) is 0.503. The van der Waals surface area contributed by atoms with Crippen molar-refractivity contribution in [2.75, 3.05) is 0 Å². The molecule has 0 spiro atoms. The van der Waals surface area contributed by atoms with Crippen LogP contribution in [0.25, 0.3) is 0 Å². The molecule has 0 aromatic heterocycles. The van der Waals surface area contributed by atoms with Crippen LogP contribution in [0.2, 0.25) is 0 Å². The summed E-state index contributed by atoms with van der Waals surface area (Å²) >= 11 is 0. The van der Waals surface area contributed by atoms with E-state index in [9.17, 15) is 9.59 Å². The van der Waals surface area contributed by atoms with Crippen molar-refractivity contribution in [1.29, 1.82) is 0 Å². The van der Waals surface area contributed by atoms with Crippen molar-refractivity contribution >= 4 is 11.6 Å². The molecule has 0 radical (unpaired) electrons. The zero-order valence-electron chi connectivity index (χ0n) is 11.2. The average Bonchev–Trinajstić information content (AvgIpc) is 2.29. The van der Waals surface area contributed by atoms with E-state index in [4.69, 9.17) is 0 Å². The lowest BCUT2D eigenvalue weighted by Crippen LogP contribution is -2.03. The summed E-state index contributed by atoms with van der Waals surface area (Å²) in [7, 11) is 0. The standard InChI is InChI=1S/C15H24O2/c1-12(16)8-10-15(11-9-13(2)17)14-6-4-3-5-7-14/h3-11H2,1-2H3. The van der Waals surface area contributed by atoms with Crippen molar-refractivity contribution in [3.8, 4) is 0 Å². The van der Waals surface area contributed by atoms with Crippen LogP contribution in [-0.4, -0.2) is 11.6 Å². The second-order valence-corrected chi connectivity index (χ2v) is 5.17. The van der Waals surface area contributed by atoms with Gasteiger partial charge < -0.3 is 9.59 Å². The summed E-state index contributed by atoms with van der Waals surface area (Å²) in [6.07, 6.45) is 9.27. The van der Waals surface area contributed by atoms with Crippen LogP contribution >= 0.6 is 0 Å². The maximum absolute atomic E-state index is 11.1. The number of carbonyl (C=O) groups excluding carboxylic acids is 2. The molecule has 0 aliphatic heterocycles. The van der Waals surface area contributed by atoms with Gasteiger partial charge in [0.05, 0.1) is 0 Å². The third kappa shape index (κ3) is 5.81. The van der Waals surface area contributed by atoms with E-state index in [1.807, 2.05) is 0 Å². The highest BCUT2D eigenvalue weighted by Gasteiger charge is 2.12. The maximum atomic E-state index is 11.1. The zero-order chi connectivity index (χ0) is 12.7. The first-order valence-corrected chi connectivity index (χ1v) is 6.78. The summed E-state index contributed by atoms with van der Waals surface area (Å²) in [5.41, 5.74) is 2.94. The minimum Gasteiger partial charge on any atom is -0.300 e. The largest absolute Gasteiger partial charge is 0.300 e. The van der Waals surface area contributed by atoms with E-state index in [1.165, 1.54) is 37.7 Å². The predicted octanol–water partition coefficient (Wildman–Crippen LogP) is 3.99. The minimum absolute atomic E-state index is 0.252. The van der Waals surface area contributed by atoms with Gasteiger partial charge in [-0.15, -0.1) is 0 Å². The van der Waals surface area contributed by atoms with Crippen molar-refractivity contribution in [3.63, 3.8) is 0 Å². The highest BCUT2D eigenvalue weighted by atomic mass is 16.1. The molecule has 1 aliphatic carbocycles. The summed E-state index contributed by atoms with van der Waals surface area (Å²) < 4.78 is 0. The number of Topliss-reactive ketones (excluding diaryl/α,β-unsaturated/α-hetero) is 2. The lowest BCUT2D eigenvalue weighted by molar-refractivity contribution is -0.117. The summed E-state index contributed by atoms with van der Waals surface area (Å²) in [6.45, 7) is 3.29. The minimum atomic E-state index is 0.252. The van der Waals surface area contributed by atoms with Crippen LogP contribution in [0.5, 0.6) is 0 Å². The quantitative estimate of drug-likeness (QED) is 0.653. The Morgan fingerprint density at radius 1 is 0.824 bits per heavy atom. The van der Waals surface area contributed by atoms with Crippen LogP contribution in [0.15, 0.2) is 11.1 Å². The van der Waals surface area contributed by atoms with E-state index in [0.29, 0.717) is 12.8 Å². The fourth-order valence-electron chi connectivity index (χ4n) is 2.46. The number of hydrogen-bond acceptors (Lipinski definition) is 2. The summed E-state index contributed by atoms with van der Waals surface area (Å²) in [4.78, 5) is 22.2. The molecule has 1 rings (SSSR count). The van der Waals surface area contributed by atoms with Crippen LogP contribution in [-0.2, 0) is 9.59 Å². The van der Waals surface area contributed by atoms with E-state index in [-0.39, 0.29) is 11.6 Å². The summed E-state index contributed by atoms with van der Waals surface area (Å²) in [5, 5.41) is 0. The molecule has 2 nitrogen and oxygen atoms in total. The Morgan fingerprint density at radius 3 is 1.71 bits per heavy atom. The molecule has 0 N–H and O–H groups in total. The maximum Gasteiger partial charge on any atom is 0.130 e. The molecular formula is C15H24O2. The van der Waals surface area contributed by atoms with E-state index in [0.717, 1.165) is 12.8 Å². The van der Waals surface area contributed by atoms with Gasteiger partial charge in [0.15, 0.2) is 0 Å². The van der Waals surface area contributed by atoms with Crippen LogP contribution in [0.1, 0.15) is 71.6 Å². The second-order valence-electron chi connectivity index (χ2n) is 5.17. The van der Waals surface area contributed by atoms with Gasteiger partial charge in [0.25, 0.3) is 0 Å². The van der Waals surface area contributed by atoms with Gasteiger partial charge in [-0.2, -0.15) is 0 Å². The van der Waals surface area contributed by atoms with Crippen molar-refractivity contribution in [2.24, 2.45) is 0 Å². The lowest BCUT2D eigenvalue weighted by atomic mass is 9.87. The van der Waals surface area contributed by atoms with Gasteiger partial charge >= 0.3 is 0 Å². The van der Waals surface area contributed by atoms with Gasteiger partial charge in [-0.1, -0.05) is 17.6 Å². The Kier molecular flexibility index (Phi) is 6.17. The molecule has 0 aromatic carbocycles. The summed E-state index contributed by atoms with van der Waals surface area (Å²) in [6, 6.07) is 0. The first-order valence-electron chi connectivity index (χ1n) is 6.78. The normalized spacial score (nSPS) is 15.8. The topological polar surface area (TPSA) is 34.1 Å². The molecule has 96 valence electrons. The molecule has 0 aromatic rings. The van der Waals surface area contributed by atoms with Crippen molar-refractivity contribution < 1.29 is 9.59 Å². The Labute approximate surface area is 104 Å². The molecule has 2 heteroatoms. The third-order valence-electron chi connectivity index (χ3n) is 3.51. The molecule has 0 heterocycles. The monoisotopic (exact) mass is 236 g/mol. The molecule has 1 fully saturated rings. The Hall–Kier alpha value is -0.920. The number of allylic oxidation sites excluding steroid dienone is 2. The Balaban J connectivity index is 2.62. The fraction of sp³-hybridized carbons (Fsp3) is 0.733. The molecule has 0 atom stereocenters. The van der Waals surface area contributed by atoms with Gasteiger partial charge in [-0.05, 0) is 52.4 Å². The van der Waals surface area contributed by atoms with Gasteiger partial charge in [0.1, 0.15) is 11.6 Å². The number of carbonyl (C=O) groups is 2. The van der Waals surface area contributed by atoms with Crippen molar-refractivity contribution in [2.45, 2.75) is 71.6 Å². The predicted molar refractivity (Wildman–Crippen MR) is 69.9 cm³/mol. The highest BCUT2D eigenvalue weighted by Crippen LogP contribution is 2.30.